The van der Waals surface area contributed by atoms with Crippen molar-refractivity contribution in [2.75, 3.05) is 5.32 Å². The van der Waals surface area contributed by atoms with Crippen molar-refractivity contribution in [3.8, 4) is 11.5 Å². The van der Waals surface area contributed by atoms with Gasteiger partial charge in [0.1, 0.15) is 11.5 Å². The van der Waals surface area contributed by atoms with Crippen molar-refractivity contribution in [2.45, 2.75) is 6.54 Å². The molecule has 0 aliphatic rings. The van der Waals surface area contributed by atoms with Gasteiger partial charge in [-0.05, 0) is 46.3 Å². The molecule has 0 aliphatic carbocycles. The standard InChI is InChI=1S/C13H11Br2NO2/c14-9-2-4-12(11(15)5-9)16-7-8-1-3-10(17)6-13(8)18/h1-6,16-18H,7H2. The van der Waals surface area contributed by atoms with Crippen molar-refractivity contribution in [3.05, 3.63) is 50.9 Å². The number of hydrogen-bond donors (Lipinski definition) is 3. The summed E-state index contributed by atoms with van der Waals surface area (Å²) in [6.45, 7) is 0.479. The predicted molar refractivity (Wildman–Crippen MR) is 78.9 cm³/mol. The minimum atomic E-state index is 0.0565. The van der Waals surface area contributed by atoms with E-state index >= 15 is 0 Å². The van der Waals surface area contributed by atoms with Crippen molar-refractivity contribution < 1.29 is 10.2 Å². The van der Waals surface area contributed by atoms with E-state index in [9.17, 15) is 10.2 Å². The number of nitrogens with one attached hydrogen (secondary N) is 1. The lowest BCUT2D eigenvalue weighted by Gasteiger charge is -2.10. The highest BCUT2D eigenvalue weighted by Crippen LogP contribution is 2.28. The molecule has 5 heteroatoms. The maximum Gasteiger partial charge on any atom is 0.124 e. The van der Waals surface area contributed by atoms with E-state index in [0.717, 1.165) is 20.2 Å². The Morgan fingerprint density at radius 3 is 2.44 bits per heavy atom. The largest absolute Gasteiger partial charge is 0.508 e. The van der Waals surface area contributed by atoms with Crippen molar-refractivity contribution >= 4 is 37.5 Å². The quantitative estimate of drug-likeness (QED) is 0.755. The van der Waals surface area contributed by atoms with Crippen LogP contribution in [0.15, 0.2) is 45.3 Å². The van der Waals surface area contributed by atoms with E-state index in [4.69, 9.17) is 0 Å². The molecule has 0 spiro atoms. The molecule has 94 valence electrons. The first-order valence-electron chi connectivity index (χ1n) is 5.26. The maximum absolute atomic E-state index is 9.66. The highest BCUT2D eigenvalue weighted by Gasteiger charge is 2.04. The highest BCUT2D eigenvalue weighted by molar-refractivity contribution is 9.11. The Morgan fingerprint density at radius 1 is 1.00 bits per heavy atom. The first-order valence-corrected chi connectivity index (χ1v) is 6.84. The van der Waals surface area contributed by atoms with Gasteiger partial charge in [0, 0.05) is 32.8 Å². The molecule has 0 heterocycles. The van der Waals surface area contributed by atoms with E-state index in [1.54, 1.807) is 12.1 Å². The number of benzene rings is 2. The predicted octanol–water partition coefficient (Wildman–Crippen LogP) is 4.23. The molecule has 2 rings (SSSR count). The fourth-order valence-electron chi connectivity index (χ4n) is 1.53. The molecule has 0 unspecified atom stereocenters. The number of phenols is 2. The average Bonchev–Trinajstić information content (AvgIpc) is 2.30. The molecule has 3 nitrogen and oxygen atoms in total. The summed E-state index contributed by atoms with van der Waals surface area (Å²) in [5.41, 5.74) is 1.66. The zero-order valence-corrected chi connectivity index (χ0v) is 12.5. The van der Waals surface area contributed by atoms with Crippen LogP contribution in [0.5, 0.6) is 11.5 Å². The minimum Gasteiger partial charge on any atom is -0.508 e. The third-order valence-corrected chi connectivity index (χ3v) is 3.62. The second-order valence-corrected chi connectivity index (χ2v) is 5.56. The monoisotopic (exact) mass is 371 g/mol. The van der Waals surface area contributed by atoms with Crippen molar-refractivity contribution in [1.82, 2.24) is 0 Å². The summed E-state index contributed by atoms with van der Waals surface area (Å²) in [4.78, 5) is 0. The van der Waals surface area contributed by atoms with Gasteiger partial charge in [-0.1, -0.05) is 15.9 Å². The van der Waals surface area contributed by atoms with Gasteiger partial charge in [0.2, 0.25) is 0 Å². The molecule has 0 saturated heterocycles. The van der Waals surface area contributed by atoms with Crippen molar-refractivity contribution in [2.24, 2.45) is 0 Å². The van der Waals surface area contributed by atoms with Crippen LogP contribution in [0, 0.1) is 0 Å². The van der Waals surface area contributed by atoms with Crippen LogP contribution in [0.4, 0.5) is 5.69 Å². The Labute approximate surface area is 122 Å². The summed E-state index contributed by atoms with van der Waals surface area (Å²) >= 11 is 6.84. The van der Waals surface area contributed by atoms with Crippen LogP contribution in [0.3, 0.4) is 0 Å². The molecule has 0 bridgehead atoms. The molecule has 2 aromatic rings. The van der Waals surface area contributed by atoms with Crippen molar-refractivity contribution in [1.29, 1.82) is 0 Å². The van der Waals surface area contributed by atoms with Gasteiger partial charge in [0.25, 0.3) is 0 Å². The molecular formula is C13H11Br2NO2. The zero-order chi connectivity index (χ0) is 13.1. The summed E-state index contributed by atoms with van der Waals surface area (Å²) in [6, 6.07) is 10.4. The lowest BCUT2D eigenvalue weighted by molar-refractivity contribution is 0.446. The fraction of sp³-hybridized carbons (Fsp3) is 0.0769. The number of rotatable bonds is 3. The molecule has 0 amide bonds. The van der Waals surface area contributed by atoms with Crippen LogP contribution in [-0.4, -0.2) is 10.2 Å². The van der Waals surface area contributed by atoms with E-state index in [-0.39, 0.29) is 11.5 Å². The van der Waals surface area contributed by atoms with E-state index in [0.29, 0.717) is 6.54 Å². The van der Waals surface area contributed by atoms with Gasteiger partial charge in [-0.25, -0.2) is 0 Å². The van der Waals surface area contributed by atoms with Crippen LogP contribution < -0.4 is 5.32 Å². The second-order valence-electron chi connectivity index (χ2n) is 3.79. The third kappa shape index (κ3) is 3.17. The van der Waals surface area contributed by atoms with Crippen molar-refractivity contribution in [3.63, 3.8) is 0 Å². The Bertz CT molecular complexity index is 521. The molecule has 2 aromatic carbocycles. The molecule has 0 radical (unpaired) electrons. The number of halogens is 2. The molecule has 0 saturated carbocycles. The van der Waals surface area contributed by atoms with Gasteiger partial charge >= 0.3 is 0 Å². The van der Waals surface area contributed by atoms with Crippen LogP contribution in [-0.2, 0) is 6.54 Å². The average molecular weight is 373 g/mol. The van der Waals surface area contributed by atoms with Crippen LogP contribution in [0.25, 0.3) is 0 Å². The van der Waals surface area contributed by atoms with Gasteiger partial charge < -0.3 is 15.5 Å². The Hall–Kier alpha value is -1.20. The third-order valence-electron chi connectivity index (χ3n) is 2.47. The smallest absolute Gasteiger partial charge is 0.124 e. The summed E-state index contributed by atoms with van der Waals surface area (Å²) in [7, 11) is 0. The highest BCUT2D eigenvalue weighted by atomic mass is 79.9. The fourth-order valence-corrected chi connectivity index (χ4v) is 2.71. The summed E-state index contributed by atoms with van der Waals surface area (Å²) < 4.78 is 1.93. The number of hydrogen-bond acceptors (Lipinski definition) is 3. The molecule has 0 fully saturated rings. The number of phenolic OH excluding ortho intramolecular Hbond substituents is 2. The Kier molecular flexibility index (Phi) is 4.14. The topological polar surface area (TPSA) is 52.5 Å². The Balaban J connectivity index is 2.11. The maximum atomic E-state index is 9.66. The summed E-state index contributed by atoms with van der Waals surface area (Å²) in [5, 5.41) is 22.1. The summed E-state index contributed by atoms with van der Waals surface area (Å²) in [6.07, 6.45) is 0. The molecule has 0 aromatic heterocycles. The van der Waals surface area contributed by atoms with E-state index in [1.807, 2.05) is 18.2 Å². The van der Waals surface area contributed by atoms with Crippen LogP contribution in [0.1, 0.15) is 5.56 Å². The second kappa shape index (κ2) is 5.63. The number of anilines is 1. The first-order chi connectivity index (χ1) is 8.56. The van der Waals surface area contributed by atoms with Gasteiger partial charge in [0.15, 0.2) is 0 Å². The van der Waals surface area contributed by atoms with E-state index < -0.39 is 0 Å². The van der Waals surface area contributed by atoms with Gasteiger partial charge in [-0.15, -0.1) is 0 Å². The lowest BCUT2D eigenvalue weighted by Crippen LogP contribution is -2.00. The molecule has 3 N–H and O–H groups in total. The van der Waals surface area contributed by atoms with E-state index in [1.165, 1.54) is 6.07 Å². The first kappa shape index (κ1) is 13.2. The molecule has 0 aliphatic heterocycles. The minimum absolute atomic E-state index is 0.0565. The SMILES string of the molecule is Oc1ccc(CNc2ccc(Br)cc2Br)c(O)c1. The summed E-state index contributed by atoms with van der Waals surface area (Å²) in [5.74, 6) is 0.136. The van der Waals surface area contributed by atoms with Gasteiger partial charge in [-0.2, -0.15) is 0 Å². The van der Waals surface area contributed by atoms with E-state index in [2.05, 4.69) is 37.2 Å². The zero-order valence-electron chi connectivity index (χ0n) is 9.32. The molecule has 0 atom stereocenters. The molecular weight excluding hydrogens is 362 g/mol. The molecule has 18 heavy (non-hydrogen) atoms. The van der Waals surface area contributed by atoms with Crippen LogP contribution >= 0.6 is 31.9 Å². The van der Waals surface area contributed by atoms with Gasteiger partial charge in [0.05, 0.1) is 0 Å². The van der Waals surface area contributed by atoms with Gasteiger partial charge in [-0.3, -0.25) is 0 Å². The number of aromatic hydroxyl groups is 2. The normalized spacial score (nSPS) is 10.3. The van der Waals surface area contributed by atoms with Crippen LogP contribution in [0.2, 0.25) is 0 Å². The lowest BCUT2D eigenvalue weighted by atomic mass is 10.2. The Morgan fingerprint density at radius 2 is 1.78 bits per heavy atom.